The normalized spacial score (nSPS) is 12.5. The maximum absolute atomic E-state index is 12.3. The van der Waals surface area contributed by atoms with Gasteiger partial charge in [-0.05, 0) is 39.0 Å². The number of methoxy groups -OCH3 is 1. The topological polar surface area (TPSA) is 86.2 Å². The van der Waals surface area contributed by atoms with Gasteiger partial charge in [-0.2, -0.15) is 5.10 Å². The van der Waals surface area contributed by atoms with Crippen LogP contribution in [0.25, 0.3) is 10.1 Å². The van der Waals surface area contributed by atoms with E-state index in [-0.39, 0.29) is 0 Å². The molecule has 162 valence electrons. The highest BCUT2D eigenvalue weighted by Crippen LogP contribution is 2.35. The molecule has 0 aliphatic heterocycles. The second-order valence-electron chi connectivity index (χ2n) is 7.62. The summed E-state index contributed by atoms with van der Waals surface area (Å²) in [5, 5.41) is 4.78. The number of nitrogens with one attached hydrogen (secondary N) is 1. The first kappa shape index (κ1) is 22.3. The van der Waals surface area contributed by atoms with E-state index in [1.54, 1.807) is 26.8 Å². The van der Waals surface area contributed by atoms with Crippen LogP contribution in [-0.4, -0.2) is 31.0 Å². The number of hydrogen-bond donors (Lipinski definition) is 1. The molecule has 1 amide bonds. The number of thiophene rings is 1. The number of rotatable bonds is 6. The lowest BCUT2D eigenvalue weighted by molar-refractivity contribution is -0.149. The maximum atomic E-state index is 12.3. The average Bonchev–Trinajstić information content (AvgIpc) is 3.14. The van der Waals surface area contributed by atoms with Crippen LogP contribution in [0.3, 0.4) is 0 Å². The number of benzene rings is 2. The van der Waals surface area contributed by atoms with Crippen LogP contribution in [0, 0.1) is 0 Å². The highest BCUT2D eigenvalue weighted by Gasteiger charge is 2.24. The first-order valence-electron chi connectivity index (χ1n) is 9.61. The molecule has 3 aromatic rings. The summed E-state index contributed by atoms with van der Waals surface area (Å²) >= 11 is 1.48. The number of nitrogens with zero attached hydrogens (tertiary/aromatic N) is 1. The molecule has 1 N–H and O–H groups in total. The smallest absolute Gasteiger partial charge is 0.428 e. The highest BCUT2D eigenvalue weighted by molar-refractivity contribution is 7.20. The van der Waals surface area contributed by atoms with E-state index in [9.17, 15) is 9.59 Å². The number of hydrogen-bond acceptors (Lipinski definition) is 7. The SMILES string of the molecule is COC(=O)C(Oc1cccc2sc(/C=N/NC(=O)OC(C)(C)C)cc12)c1ccccc1. The van der Waals surface area contributed by atoms with Gasteiger partial charge >= 0.3 is 12.1 Å². The van der Waals surface area contributed by atoms with Gasteiger partial charge in [0.15, 0.2) is 0 Å². The van der Waals surface area contributed by atoms with Crippen molar-refractivity contribution in [2.24, 2.45) is 5.10 Å². The molecule has 3 rings (SSSR count). The summed E-state index contributed by atoms with van der Waals surface area (Å²) in [7, 11) is 1.33. The van der Waals surface area contributed by atoms with Crippen molar-refractivity contribution in [3.05, 3.63) is 65.0 Å². The van der Waals surface area contributed by atoms with E-state index in [2.05, 4.69) is 10.5 Å². The fourth-order valence-electron chi connectivity index (χ4n) is 2.78. The Morgan fingerprint density at radius 2 is 1.84 bits per heavy atom. The molecule has 1 heterocycles. The van der Waals surface area contributed by atoms with Crippen molar-refractivity contribution in [2.75, 3.05) is 7.11 Å². The van der Waals surface area contributed by atoms with Crippen LogP contribution in [0.2, 0.25) is 0 Å². The minimum absolute atomic E-state index is 0.484. The number of carbonyl (C=O) groups excluding carboxylic acids is 2. The van der Waals surface area contributed by atoms with Crippen molar-refractivity contribution in [2.45, 2.75) is 32.5 Å². The molecule has 0 saturated carbocycles. The number of amides is 1. The quantitative estimate of drug-likeness (QED) is 0.329. The predicted octanol–water partition coefficient (Wildman–Crippen LogP) is 5.05. The third-order valence-corrected chi connectivity index (χ3v) is 5.08. The number of carbonyl (C=O) groups is 2. The van der Waals surface area contributed by atoms with Crippen LogP contribution in [-0.2, 0) is 14.3 Å². The Labute approximate surface area is 184 Å². The van der Waals surface area contributed by atoms with E-state index in [1.165, 1.54) is 24.7 Å². The van der Waals surface area contributed by atoms with Crippen molar-refractivity contribution in [3.63, 3.8) is 0 Å². The Morgan fingerprint density at radius 3 is 2.52 bits per heavy atom. The lowest BCUT2D eigenvalue weighted by atomic mass is 10.1. The molecule has 0 spiro atoms. The van der Waals surface area contributed by atoms with E-state index in [0.29, 0.717) is 11.3 Å². The number of ether oxygens (including phenoxy) is 3. The zero-order chi connectivity index (χ0) is 22.4. The van der Waals surface area contributed by atoms with Gasteiger partial charge in [0.25, 0.3) is 0 Å². The minimum atomic E-state index is -0.886. The summed E-state index contributed by atoms with van der Waals surface area (Å²) in [5.41, 5.74) is 2.45. The molecular formula is C23H24N2O5S. The fraction of sp³-hybridized carbons (Fsp3) is 0.261. The number of hydrazone groups is 1. The van der Waals surface area contributed by atoms with Gasteiger partial charge in [0.2, 0.25) is 6.10 Å². The van der Waals surface area contributed by atoms with Crippen molar-refractivity contribution in [1.29, 1.82) is 0 Å². The highest BCUT2D eigenvalue weighted by atomic mass is 32.1. The first-order chi connectivity index (χ1) is 14.8. The van der Waals surface area contributed by atoms with Crippen LogP contribution in [0.4, 0.5) is 4.79 Å². The van der Waals surface area contributed by atoms with Gasteiger partial charge in [0.05, 0.1) is 13.3 Å². The van der Waals surface area contributed by atoms with Crippen LogP contribution < -0.4 is 10.2 Å². The Balaban J connectivity index is 1.81. The van der Waals surface area contributed by atoms with E-state index in [4.69, 9.17) is 14.2 Å². The molecule has 0 saturated heterocycles. The van der Waals surface area contributed by atoms with Crippen molar-refractivity contribution in [1.82, 2.24) is 5.43 Å². The van der Waals surface area contributed by atoms with E-state index in [0.717, 1.165) is 15.0 Å². The number of esters is 1. The minimum Gasteiger partial charge on any atom is -0.473 e. The molecule has 2 aromatic carbocycles. The summed E-state index contributed by atoms with van der Waals surface area (Å²) in [6, 6.07) is 16.7. The predicted molar refractivity (Wildman–Crippen MR) is 121 cm³/mol. The van der Waals surface area contributed by atoms with Gasteiger partial charge in [-0.25, -0.2) is 15.0 Å². The largest absolute Gasteiger partial charge is 0.473 e. The standard InChI is InChI=1S/C23H24N2O5S/c1-23(2,3)30-22(27)25-24-14-16-13-17-18(11-8-12-19(17)31-16)29-20(21(26)28-4)15-9-6-5-7-10-15/h5-14,20H,1-4H3,(H,25,27)/b24-14+. The Morgan fingerprint density at radius 1 is 1.10 bits per heavy atom. The Bertz CT molecular complexity index is 1090. The molecule has 7 nitrogen and oxygen atoms in total. The molecule has 8 heteroatoms. The average molecular weight is 441 g/mol. The van der Waals surface area contributed by atoms with E-state index >= 15 is 0 Å². The molecule has 0 aliphatic rings. The second kappa shape index (κ2) is 9.61. The molecule has 0 radical (unpaired) electrons. The molecule has 0 fully saturated rings. The molecule has 0 aliphatic carbocycles. The summed E-state index contributed by atoms with van der Waals surface area (Å²) in [6.45, 7) is 5.34. The zero-order valence-corrected chi connectivity index (χ0v) is 18.6. The van der Waals surface area contributed by atoms with Crippen molar-refractivity contribution < 1.29 is 23.8 Å². The van der Waals surface area contributed by atoms with Crippen LogP contribution in [0.1, 0.15) is 37.3 Å². The van der Waals surface area contributed by atoms with Gasteiger partial charge in [-0.1, -0.05) is 36.4 Å². The van der Waals surface area contributed by atoms with Crippen LogP contribution in [0.5, 0.6) is 5.75 Å². The molecule has 0 bridgehead atoms. The van der Waals surface area contributed by atoms with Crippen molar-refractivity contribution in [3.8, 4) is 5.75 Å². The lowest BCUT2D eigenvalue weighted by Gasteiger charge is -2.18. The van der Waals surface area contributed by atoms with Crippen LogP contribution >= 0.6 is 11.3 Å². The van der Waals surface area contributed by atoms with Gasteiger partial charge in [0, 0.05) is 20.5 Å². The molecule has 31 heavy (non-hydrogen) atoms. The van der Waals surface area contributed by atoms with Crippen molar-refractivity contribution >= 4 is 39.7 Å². The summed E-state index contributed by atoms with van der Waals surface area (Å²) < 4.78 is 17.1. The van der Waals surface area contributed by atoms with Gasteiger partial charge in [-0.3, -0.25) is 0 Å². The Hall–Kier alpha value is -3.39. The van der Waals surface area contributed by atoms with E-state index in [1.807, 2.05) is 48.5 Å². The number of fused-ring (bicyclic) bond motifs is 1. The Kier molecular flexibility index (Phi) is 6.91. The monoisotopic (exact) mass is 440 g/mol. The van der Waals surface area contributed by atoms with Crippen LogP contribution in [0.15, 0.2) is 59.7 Å². The third kappa shape index (κ3) is 6.05. The summed E-state index contributed by atoms with van der Waals surface area (Å²) in [5.74, 6) is 0.0644. The third-order valence-electron chi connectivity index (χ3n) is 4.05. The lowest BCUT2D eigenvalue weighted by Crippen LogP contribution is -2.29. The zero-order valence-electron chi connectivity index (χ0n) is 17.7. The first-order valence-corrected chi connectivity index (χ1v) is 10.4. The van der Waals surface area contributed by atoms with Gasteiger partial charge < -0.3 is 14.2 Å². The molecule has 1 aromatic heterocycles. The van der Waals surface area contributed by atoms with Gasteiger partial charge in [0.1, 0.15) is 11.4 Å². The summed E-state index contributed by atoms with van der Waals surface area (Å²) in [4.78, 5) is 24.9. The van der Waals surface area contributed by atoms with Gasteiger partial charge in [-0.15, -0.1) is 11.3 Å². The molecule has 1 unspecified atom stereocenters. The maximum Gasteiger partial charge on any atom is 0.428 e. The molecule has 1 atom stereocenters. The fourth-order valence-corrected chi connectivity index (χ4v) is 3.74. The molecular weight excluding hydrogens is 416 g/mol. The van der Waals surface area contributed by atoms with E-state index < -0.39 is 23.8 Å². The second-order valence-corrected chi connectivity index (χ2v) is 8.74. The summed E-state index contributed by atoms with van der Waals surface area (Å²) in [6.07, 6.45) is 0.0215.